The van der Waals surface area contributed by atoms with E-state index in [1.165, 1.54) is 38.0 Å². The van der Waals surface area contributed by atoms with Crippen LogP contribution in [0.3, 0.4) is 0 Å². The maximum absolute atomic E-state index is 3.66. The van der Waals surface area contributed by atoms with Crippen molar-refractivity contribution in [3.8, 4) is 0 Å². The Labute approximate surface area is 112 Å². The average molecular weight is 295 g/mol. The van der Waals surface area contributed by atoms with Gasteiger partial charge in [-0.1, -0.05) is 28.1 Å². The quantitative estimate of drug-likeness (QED) is 0.902. The van der Waals surface area contributed by atoms with Crippen LogP contribution in [0.25, 0.3) is 0 Å². The van der Waals surface area contributed by atoms with Crippen molar-refractivity contribution in [2.24, 2.45) is 5.92 Å². The summed E-state index contributed by atoms with van der Waals surface area (Å²) in [6.07, 6.45) is 2.77. The van der Waals surface area contributed by atoms with Crippen LogP contribution < -0.4 is 5.32 Å². The summed E-state index contributed by atoms with van der Waals surface area (Å²) in [6.45, 7) is 4.81. The summed E-state index contributed by atoms with van der Waals surface area (Å²) < 4.78 is 1.16. The number of hydrogen-bond acceptors (Lipinski definition) is 2. The SMILES string of the molecule is Brc1ccc(CN2CC3CCCNC3C2)cc1. The highest BCUT2D eigenvalue weighted by Gasteiger charge is 2.33. The average Bonchev–Trinajstić information content (AvgIpc) is 2.74. The molecule has 0 radical (unpaired) electrons. The molecule has 0 bridgehead atoms. The number of hydrogen-bond donors (Lipinski definition) is 1. The summed E-state index contributed by atoms with van der Waals surface area (Å²) in [5.74, 6) is 0.888. The second-order valence-corrected chi connectivity index (χ2v) is 6.20. The van der Waals surface area contributed by atoms with Crippen LogP contribution in [0.5, 0.6) is 0 Å². The summed E-state index contributed by atoms with van der Waals surface area (Å²) in [7, 11) is 0. The van der Waals surface area contributed by atoms with Crippen molar-refractivity contribution in [2.45, 2.75) is 25.4 Å². The van der Waals surface area contributed by atoms with Crippen molar-refractivity contribution < 1.29 is 0 Å². The van der Waals surface area contributed by atoms with Crippen LogP contribution in [0.4, 0.5) is 0 Å². The third-order valence-electron chi connectivity index (χ3n) is 3.99. The van der Waals surface area contributed by atoms with Crippen LogP contribution >= 0.6 is 15.9 Å². The maximum Gasteiger partial charge on any atom is 0.0235 e. The van der Waals surface area contributed by atoms with Gasteiger partial charge in [0.1, 0.15) is 0 Å². The Morgan fingerprint density at radius 3 is 2.82 bits per heavy atom. The van der Waals surface area contributed by atoms with Crippen LogP contribution in [-0.4, -0.2) is 30.6 Å². The molecule has 0 aliphatic carbocycles. The molecule has 0 saturated carbocycles. The molecule has 2 nitrogen and oxygen atoms in total. The van der Waals surface area contributed by atoms with E-state index in [-0.39, 0.29) is 0 Å². The van der Waals surface area contributed by atoms with E-state index in [9.17, 15) is 0 Å². The number of piperidine rings is 1. The van der Waals surface area contributed by atoms with Gasteiger partial charge in [0.05, 0.1) is 0 Å². The molecule has 2 aliphatic rings. The Kier molecular flexibility index (Phi) is 3.50. The standard InChI is InChI=1S/C14H19BrN2/c15-13-5-3-11(4-6-13)8-17-9-12-2-1-7-16-14(12)10-17/h3-6,12,14,16H,1-2,7-10H2. The molecule has 92 valence electrons. The van der Waals surface area contributed by atoms with Crippen LogP contribution in [0.1, 0.15) is 18.4 Å². The van der Waals surface area contributed by atoms with Crippen molar-refractivity contribution in [3.63, 3.8) is 0 Å². The molecule has 2 unspecified atom stereocenters. The minimum atomic E-state index is 0.749. The van der Waals surface area contributed by atoms with Crippen molar-refractivity contribution in [2.75, 3.05) is 19.6 Å². The lowest BCUT2D eigenvalue weighted by atomic mass is 9.94. The predicted octanol–water partition coefficient (Wildman–Crippen LogP) is 2.63. The highest BCUT2D eigenvalue weighted by atomic mass is 79.9. The summed E-state index contributed by atoms with van der Waals surface area (Å²) in [4.78, 5) is 2.59. The van der Waals surface area contributed by atoms with Gasteiger partial charge < -0.3 is 5.32 Å². The highest BCUT2D eigenvalue weighted by Crippen LogP contribution is 2.26. The second kappa shape index (κ2) is 5.09. The number of nitrogens with zero attached hydrogens (tertiary/aromatic N) is 1. The second-order valence-electron chi connectivity index (χ2n) is 5.28. The Balaban J connectivity index is 1.61. The van der Waals surface area contributed by atoms with Gasteiger partial charge in [-0.3, -0.25) is 4.90 Å². The van der Waals surface area contributed by atoms with E-state index in [1.807, 2.05) is 0 Å². The number of rotatable bonds is 2. The van der Waals surface area contributed by atoms with E-state index in [2.05, 4.69) is 50.4 Å². The molecule has 0 amide bonds. The third-order valence-corrected chi connectivity index (χ3v) is 4.52. The van der Waals surface area contributed by atoms with E-state index in [0.29, 0.717) is 0 Å². The van der Waals surface area contributed by atoms with Gasteiger partial charge in [0.25, 0.3) is 0 Å². The zero-order valence-corrected chi connectivity index (χ0v) is 11.6. The molecule has 1 aromatic rings. The summed E-state index contributed by atoms with van der Waals surface area (Å²) in [6, 6.07) is 9.46. The molecular weight excluding hydrogens is 276 g/mol. The fourth-order valence-corrected chi connectivity index (χ4v) is 3.38. The molecule has 2 heterocycles. The van der Waals surface area contributed by atoms with E-state index in [0.717, 1.165) is 23.0 Å². The molecule has 3 rings (SSSR count). The molecule has 1 N–H and O–H groups in total. The van der Waals surface area contributed by atoms with Crippen molar-refractivity contribution in [1.29, 1.82) is 0 Å². The molecule has 2 atom stereocenters. The highest BCUT2D eigenvalue weighted by molar-refractivity contribution is 9.10. The topological polar surface area (TPSA) is 15.3 Å². The smallest absolute Gasteiger partial charge is 0.0235 e. The van der Waals surface area contributed by atoms with Crippen molar-refractivity contribution in [3.05, 3.63) is 34.3 Å². The third kappa shape index (κ3) is 2.72. The minimum absolute atomic E-state index is 0.749. The molecule has 0 aromatic heterocycles. The number of halogens is 1. The van der Waals surface area contributed by atoms with Gasteiger partial charge in [0.2, 0.25) is 0 Å². The van der Waals surface area contributed by atoms with Crippen molar-refractivity contribution >= 4 is 15.9 Å². The summed E-state index contributed by atoms with van der Waals surface area (Å²) in [5.41, 5.74) is 1.42. The number of benzene rings is 1. The zero-order valence-electron chi connectivity index (χ0n) is 10.0. The minimum Gasteiger partial charge on any atom is -0.312 e. The molecule has 0 spiro atoms. The van der Waals surface area contributed by atoms with Crippen LogP contribution in [0, 0.1) is 5.92 Å². The molecule has 2 saturated heterocycles. The fraction of sp³-hybridized carbons (Fsp3) is 0.571. The number of likely N-dealkylation sites (tertiary alicyclic amines) is 1. The van der Waals surface area contributed by atoms with Crippen LogP contribution in [0.15, 0.2) is 28.7 Å². The lowest BCUT2D eigenvalue weighted by Gasteiger charge is -2.24. The van der Waals surface area contributed by atoms with Crippen LogP contribution in [-0.2, 0) is 6.54 Å². The molecule has 3 heteroatoms. The van der Waals surface area contributed by atoms with Gasteiger partial charge in [-0.25, -0.2) is 0 Å². The maximum atomic E-state index is 3.66. The van der Waals surface area contributed by atoms with Gasteiger partial charge >= 0.3 is 0 Å². The van der Waals surface area contributed by atoms with Crippen LogP contribution in [0.2, 0.25) is 0 Å². The monoisotopic (exact) mass is 294 g/mol. The Hall–Kier alpha value is -0.380. The first-order valence-corrected chi connectivity index (χ1v) is 7.31. The van der Waals surface area contributed by atoms with E-state index in [1.54, 1.807) is 0 Å². The summed E-state index contributed by atoms with van der Waals surface area (Å²) >= 11 is 3.48. The fourth-order valence-electron chi connectivity index (χ4n) is 3.11. The van der Waals surface area contributed by atoms with Gasteiger partial charge in [-0.15, -0.1) is 0 Å². The van der Waals surface area contributed by atoms with E-state index >= 15 is 0 Å². The van der Waals surface area contributed by atoms with Gasteiger partial charge in [-0.05, 0) is 43.0 Å². The van der Waals surface area contributed by atoms with Gasteiger partial charge in [0.15, 0.2) is 0 Å². The Morgan fingerprint density at radius 1 is 1.24 bits per heavy atom. The lowest BCUT2D eigenvalue weighted by molar-refractivity contribution is 0.312. The predicted molar refractivity (Wildman–Crippen MR) is 73.9 cm³/mol. The normalized spacial score (nSPS) is 29.2. The first-order valence-electron chi connectivity index (χ1n) is 6.51. The van der Waals surface area contributed by atoms with Crippen molar-refractivity contribution in [1.82, 2.24) is 10.2 Å². The largest absolute Gasteiger partial charge is 0.312 e. The molecule has 1 aromatic carbocycles. The summed E-state index contributed by atoms with van der Waals surface area (Å²) in [5, 5.41) is 3.66. The van der Waals surface area contributed by atoms with E-state index in [4.69, 9.17) is 0 Å². The molecule has 2 aliphatic heterocycles. The molecule has 2 fully saturated rings. The molecule has 17 heavy (non-hydrogen) atoms. The lowest BCUT2D eigenvalue weighted by Crippen LogP contribution is -2.40. The Morgan fingerprint density at radius 2 is 2.06 bits per heavy atom. The zero-order chi connectivity index (χ0) is 11.7. The first-order chi connectivity index (χ1) is 8.31. The number of fused-ring (bicyclic) bond motifs is 1. The van der Waals surface area contributed by atoms with E-state index < -0.39 is 0 Å². The number of nitrogens with one attached hydrogen (secondary N) is 1. The first kappa shape index (κ1) is 11.7. The van der Waals surface area contributed by atoms with Gasteiger partial charge in [-0.2, -0.15) is 0 Å². The Bertz CT molecular complexity index is 362. The van der Waals surface area contributed by atoms with Gasteiger partial charge in [0, 0.05) is 30.1 Å². The molecular formula is C14H19BrN2.